The van der Waals surface area contributed by atoms with Gasteiger partial charge < -0.3 is 9.64 Å². The highest BCUT2D eigenvalue weighted by Crippen LogP contribution is 2.12. The van der Waals surface area contributed by atoms with Crippen LogP contribution < -0.4 is 4.90 Å². The minimum absolute atomic E-state index is 0.0195. The van der Waals surface area contributed by atoms with E-state index < -0.39 is 0 Å². The van der Waals surface area contributed by atoms with Gasteiger partial charge in [0.05, 0.1) is 19.7 Å². The van der Waals surface area contributed by atoms with Crippen LogP contribution in [0.2, 0.25) is 0 Å². The summed E-state index contributed by atoms with van der Waals surface area (Å²) in [7, 11) is 0. The zero-order valence-electron chi connectivity index (χ0n) is 11.3. The molecule has 0 radical (unpaired) electrons. The lowest BCUT2D eigenvalue weighted by Crippen LogP contribution is -3.12. The molecule has 1 aromatic carbocycles. The number of rotatable bonds is 4. The van der Waals surface area contributed by atoms with Gasteiger partial charge in [0, 0.05) is 10.0 Å². The summed E-state index contributed by atoms with van der Waals surface area (Å²) in [6, 6.07) is 8.40. The summed E-state index contributed by atoms with van der Waals surface area (Å²) in [6.07, 6.45) is 2.08. The monoisotopic (exact) mass is 326 g/mol. The first kappa shape index (κ1) is 14.5. The molecular weight excluding hydrogens is 306 g/mol. The third-order valence-electron chi connectivity index (χ3n) is 3.58. The van der Waals surface area contributed by atoms with Crippen molar-refractivity contribution in [3.8, 4) is 0 Å². The van der Waals surface area contributed by atoms with Crippen molar-refractivity contribution in [2.45, 2.75) is 26.3 Å². The molecule has 1 aliphatic heterocycles. The quantitative estimate of drug-likeness (QED) is 0.855. The molecule has 1 N–H and O–H groups in total. The zero-order valence-corrected chi connectivity index (χ0v) is 12.9. The Morgan fingerprint density at radius 3 is 3.11 bits per heavy atom. The second-order valence-corrected chi connectivity index (χ2v) is 6.02. The van der Waals surface area contributed by atoms with Crippen LogP contribution in [0.15, 0.2) is 28.7 Å². The lowest BCUT2D eigenvalue weighted by Gasteiger charge is -2.28. The van der Waals surface area contributed by atoms with Crippen molar-refractivity contribution in [3.63, 3.8) is 0 Å². The van der Waals surface area contributed by atoms with Gasteiger partial charge in [0.2, 0.25) is 0 Å². The van der Waals surface area contributed by atoms with E-state index in [0.29, 0.717) is 6.61 Å². The van der Waals surface area contributed by atoms with Gasteiger partial charge in [-0.3, -0.25) is 4.79 Å². The van der Waals surface area contributed by atoms with E-state index in [1.807, 2.05) is 13.0 Å². The molecule has 3 nitrogen and oxygen atoms in total. The third kappa shape index (κ3) is 4.32. The Balaban J connectivity index is 1.92. The first-order chi connectivity index (χ1) is 9.19. The number of ether oxygens (including phenoxy) is 1. The first-order valence-corrected chi connectivity index (χ1v) is 7.73. The van der Waals surface area contributed by atoms with Crippen molar-refractivity contribution in [2.75, 3.05) is 19.7 Å². The number of likely N-dealkylation sites (tertiary alicyclic amines) is 1. The topological polar surface area (TPSA) is 30.7 Å². The molecule has 104 valence electrons. The third-order valence-corrected chi connectivity index (χ3v) is 4.07. The molecule has 1 heterocycles. The highest BCUT2D eigenvalue weighted by Gasteiger charge is 2.29. The molecule has 2 rings (SSSR count). The van der Waals surface area contributed by atoms with E-state index in [9.17, 15) is 4.79 Å². The maximum absolute atomic E-state index is 11.8. The van der Waals surface area contributed by atoms with Crippen LogP contribution in [-0.4, -0.2) is 25.7 Å². The number of quaternary nitrogens is 1. The average Bonchev–Trinajstić information content (AvgIpc) is 2.39. The molecule has 0 saturated carbocycles. The molecule has 1 fully saturated rings. The summed E-state index contributed by atoms with van der Waals surface area (Å²) < 4.78 is 6.25. The molecule has 1 unspecified atom stereocenters. The van der Waals surface area contributed by atoms with Crippen molar-refractivity contribution in [1.82, 2.24) is 0 Å². The fourth-order valence-corrected chi connectivity index (χ4v) is 3.16. The maximum atomic E-state index is 11.8. The van der Waals surface area contributed by atoms with Crippen LogP contribution in [0.5, 0.6) is 0 Å². The average molecular weight is 327 g/mol. The number of hydrogen-bond acceptors (Lipinski definition) is 2. The molecule has 1 saturated heterocycles. The Bertz CT molecular complexity index is 436. The molecule has 19 heavy (non-hydrogen) atoms. The number of hydrogen-bond donors (Lipinski definition) is 1. The Labute approximate surface area is 123 Å². The Morgan fingerprint density at radius 1 is 1.53 bits per heavy atom. The van der Waals surface area contributed by atoms with Crippen LogP contribution in [0, 0.1) is 5.92 Å². The number of nitrogens with one attached hydrogen (secondary N) is 1. The lowest BCUT2D eigenvalue weighted by atomic mass is 9.98. The molecule has 2 atom stereocenters. The Hall–Kier alpha value is -0.870. The van der Waals surface area contributed by atoms with Gasteiger partial charge in [0.15, 0.2) is 0 Å². The van der Waals surface area contributed by atoms with Crippen molar-refractivity contribution >= 4 is 21.9 Å². The molecular formula is C15H21BrNO2+. The van der Waals surface area contributed by atoms with Crippen molar-refractivity contribution in [3.05, 3.63) is 34.3 Å². The highest BCUT2D eigenvalue weighted by atomic mass is 79.9. The standard InChI is InChI=1S/C15H20BrNO2/c1-2-19-15(18)13-6-4-8-17(11-13)10-12-5-3-7-14(16)9-12/h3,5,7,9,13H,2,4,6,8,10-11H2,1H3/p+1/t13-/m0/s1. The summed E-state index contributed by atoms with van der Waals surface area (Å²) >= 11 is 3.50. The predicted octanol–water partition coefficient (Wildman–Crippen LogP) is 1.81. The van der Waals surface area contributed by atoms with E-state index in [2.05, 4.69) is 34.1 Å². The predicted molar refractivity (Wildman–Crippen MR) is 77.9 cm³/mol. The van der Waals surface area contributed by atoms with Crippen LogP contribution in [0.4, 0.5) is 0 Å². The highest BCUT2D eigenvalue weighted by molar-refractivity contribution is 9.10. The molecule has 0 aromatic heterocycles. The Morgan fingerprint density at radius 2 is 2.37 bits per heavy atom. The summed E-state index contributed by atoms with van der Waals surface area (Å²) in [5.74, 6) is 0.0600. The fourth-order valence-electron chi connectivity index (χ4n) is 2.71. The lowest BCUT2D eigenvalue weighted by molar-refractivity contribution is -0.921. The van der Waals surface area contributed by atoms with E-state index >= 15 is 0 Å². The smallest absolute Gasteiger partial charge is 0.314 e. The molecule has 0 bridgehead atoms. The van der Waals surface area contributed by atoms with Gasteiger partial charge in [-0.1, -0.05) is 28.1 Å². The normalized spacial score (nSPS) is 23.1. The molecule has 4 heteroatoms. The van der Waals surface area contributed by atoms with E-state index in [1.54, 1.807) is 0 Å². The number of piperidine rings is 1. The molecule has 0 spiro atoms. The maximum Gasteiger partial charge on any atom is 0.314 e. The SMILES string of the molecule is CCOC(=O)[C@H]1CCC[NH+](Cc2cccc(Br)c2)C1. The molecule has 0 amide bonds. The fraction of sp³-hybridized carbons (Fsp3) is 0.533. The second-order valence-electron chi connectivity index (χ2n) is 5.10. The number of carbonyl (C=O) groups is 1. The van der Waals surface area contributed by atoms with Crippen LogP contribution >= 0.6 is 15.9 Å². The Kier molecular flexibility index (Phi) is 5.40. The van der Waals surface area contributed by atoms with E-state index in [0.717, 1.165) is 36.9 Å². The van der Waals surface area contributed by atoms with Gasteiger partial charge in [-0.2, -0.15) is 0 Å². The van der Waals surface area contributed by atoms with Gasteiger partial charge in [0.25, 0.3) is 0 Å². The van der Waals surface area contributed by atoms with E-state index in [4.69, 9.17) is 4.74 Å². The summed E-state index contributed by atoms with van der Waals surface area (Å²) in [4.78, 5) is 13.3. The number of esters is 1. The molecule has 1 aromatic rings. The van der Waals surface area contributed by atoms with Gasteiger partial charge in [0.1, 0.15) is 12.5 Å². The van der Waals surface area contributed by atoms with Gasteiger partial charge >= 0.3 is 5.97 Å². The van der Waals surface area contributed by atoms with Crippen molar-refractivity contribution in [1.29, 1.82) is 0 Å². The first-order valence-electron chi connectivity index (χ1n) is 6.93. The molecule has 1 aliphatic rings. The van der Waals surface area contributed by atoms with Gasteiger partial charge in [-0.15, -0.1) is 0 Å². The van der Waals surface area contributed by atoms with E-state index in [-0.39, 0.29) is 11.9 Å². The van der Waals surface area contributed by atoms with Crippen LogP contribution in [0.3, 0.4) is 0 Å². The van der Waals surface area contributed by atoms with Crippen LogP contribution in [0.25, 0.3) is 0 Å². The molecule has 0 aliphatic carbocycles. The summed E-state index contributed by atoms with van der Waals surface area (Å²) in [6.45, 7) is 5.37. The van der Waals surface area contributed by atoms with Gasteiger partial charge in [-0.25, -0.2) is 0 Å². The van der Waals surface area contributed by atoms with Gasteiger partial charge in [-0.05, 0) is 31.9 Å². The minimum Gasteiger partial charge on any atom is -0.466 e. The van der Waals surface area contributed by atoms with Crippen molar-refractivity contribution in [2.24, 2.45) is 5.92 Å². The van der Waals surface area contributed by atoms with Crippen LogP contribution in [-0.2, 0) is 16.1 Å². The van der Waals surface area contributed by atoms with Crippen molar-refractivity contribution < 1.29 is 14.4 Å². The number of benzene rings is 1. The number of carbonyl (C=O) groups excluding carboxylic acids is 1. The zero-order chi connectivity index (χ0) is 13.7. The van der Waals surface area contributed by atoms with Crippen LogP contribution in [0.1, 0.15) is 25.3 Å². The largest absolute Gasteiger partial charge is 0.466 e. The number of halogens is 1. The van der Waals surface area contributed by atoms with E-state index in [1.165, 1.54) is 10.5 Å². The summed E-state index contributed by atoms with van der Waals surface area (Å²) in [5, 5.41) is 0. The summed E-state index contributed by atoms with van der Waals surface area (Å²) in [5.41, 5.74) is 1.31. The second kappa shape index (κ2) is 7.06. The minimum atomic E-state index is -0.0195.